The summed E-state index contributed by atoms with van der Waals surface area (Å²) in [5, 5.41) is 1.18. The monoisotopic (exact) mass is 354 g/mol. The highest BCUT2D eigenvalue weighted by molar-refractivity contribution is 7.44. The number of aryl methyl sites for hydroxylation is 2. The first-order chi connectivity index (χ1) is 10.5. The molecule has 0 unspecified atom stereocenters. The van der Waals surface area contributed by atoms with Crippen LogP contribution in [0.15, 0.2) is 41.2 Å². The molecule has 0 saturated carbocycles. The summed E-state index contributed by atoms with van der Waals surface area (Å²) >= 11 is 14.9. The molecule has 114 valence electrons. The summed E-state index contributed by atoms with van der Waals surface area (Å²) in [5.41, 5.74) is 3.64. The Kier molecular flexibility index (Phi) is 5.01. The molecule has 0 saturated heterocycles. The van der Waals surface area contributed by atoms with Crippen molar-refractivity contribution in [3.8, 4) is 11.1 Å². The third-order valence-corrected chi connectivity index (χ3v) is 3.90. The maximum Gasteiger partial charge on any atom is 0.328 e. The van der Waals surface area contributed by atoms with Crippen LogP contribution in [0.3, 0.4) is 0 Å². The molecular weight excluding hydrogens is 343 g/mol. The van der Waals surface area contributed by atoms with Gasteiger partial charge in [-0.1, -0.05) is 29.3 Å². The second-order valence-corrected chi connectivity index (χ2v) is 5.64. The van der Waals surface area contributed by atoms with E-state index < -0.39 is 0 Å². The van der Waals surface area contributed by atoms with E-state index in [0.717, 1.165) is 22.2 Å². The molecule has 0 bridgehead atoms. The van der Waals surface area contributed by atoms with Crippen LogP contribution in [0.1, 0.15) is 0 Å². The second kappa shape index (κ2) is 6.60. The van der Waals surface area contributed by atoms with Crippen LogP contribution in [0.25, 0.3) is 22.2 Å². The summed E-state index contributed by atoms with van der Waals surface area (Å²) < 4.78 is 11.1. The zero-order valence-electron chi connectivity index (χ0n) is 11.8. The molecule has 0 atom stereocenters. The molecule has 4 nitrogen and oxygen atoms in total. The van der Waals surface area contributed by atoms with Crippen LogP contribution in [-0.4, -0.2) is 13.3 Å². The predicted octanol–water partition coefficient (Wildman–Crippen LogP) is 3.51. The van der Waals surface area contributed by atoms with Crippen LogP contribution < -0.4 is 5.69 Å². The minimum absolute atomic E-state index is 0.0405. The van der Waals surface area contributed by atoms with E-state index in [1.807, 2.05) is 30.3 Å². The smallest absolute Gasteiger partial charge is 0.295 e. The Labute approximate surface area is 142 Å². The number of hydrogen-bond acceptors (Lipinski definition) is 3. The molecule has 3 aromatic rings. The van der Waals surface area contributed by atoms with E-state index >= 15 is 0 Å². The van der Waals surface area contributed by atoms with Crippen LogP contribution in [0.4, 0.5) is 0 Å². The average Bonchev–Trinajstić information content (AvgIpc) is 2.73. The number of imidazole rings is 1. The van der Waals surface area contributed by atoms with Crippen molar-refractivity contribution in [2.24, 2.45) is 14.1 Å². The number of benzene rings is 2. The van der Waals surface area contributed by atoms with E-state index in [0.29, 0.717) is 10.0 Å². The number of halogens is 2. The fraction of sp³-hybridized carbons (Fsp3) is 0.133. The van der Waals surface area contributed by atoms with Crippen molar-refractivity contribution in [3.05, 3.63) is 56.9 Å². The summed E-state index contributed by atoms with van der Waals surface area (Å²) in [7, 11) is 3.53. The van der Waals surface area contributed by atoms with Crippen LogP contribution in [0, 0.1) is 0 Å². The largest absolute Gasteiger partial charge is 0.328 e. The topological polar surface area (TPSA) is 44.0 Å². The Hall–Kier alpha value is -1.69. The lowest BCUT2D eigenvalue weighted by atomic mass is 10.1. The Morgan fingerprint density at radius 3 is 1.95 bits per heavy atom. The van der Waals surface area contributed by atoms with Gasteiger partial charge in [-0.05, 0) is 41.5 Å². The molecule has 0 spiro atoms. The van der Waals surface area contributed by atoms with Gasteiger partial charge in [0, 0.05) is 24.1 Å². The van der Waals surface area contributed by atoms with Gasteiger partial charge >= 0.3 is 5.69 Å². The average molecular weight is 355 g/mol. The van der Waals surface area contributed by atoms with Gasteiger partial charge in [0.15, 0.2) is 12.5 Å². The van der Waals surface area contributed by atoms with E-state index in [-0.39, 0.29) is 5.69 Å². The van der Waals surface area contributed by atoms with E-state index in [9.17, 15) is 4.79 Å². The predicted molar refractivity (Wildman–Crippen MR) is 91.8 cm³/mol. The molecule has 22 heavy (non-hydrogen) atoms. The first-order valence-electron chi connectivity index (χ1n) is 6.26. The highest BCUT2D eigenvalue weighted by atomic mass is 35.5. The van der Waals surface area contributed by atoms with Gasteiger partial charge in [-0.15, -0.1) is 0 Å². The molecule has 3 rings (SSSR count). The first-order valence-corrected chi connectivity index (χ1v) is 7.35. The Balaban J connectivity index is 0.000000847. The zero-order valence-corrected chi connectivity index (χ0v) is 14.2. The van der Waals surface area contributed by atoms with E-state index in [1.54, 1.807) is 29.3 Å². The summed E-state index contributed by atoms with van der Waals surface area (Å²) in [6.07, 6.45) is 0. The number of aromatic nitrogens is 2. The van der Waals surface area contributed by atoms with Crippen molar-refractivity contribution in [3.63, 3.8) is 0 Å². The summed E-state index contributed by atoms with van der Waals surface area (Å²) in [6.45, 7) is 0. The molecule has 0 fully saturated rings. The standard InChI is InChI=1S/C15H12Cl2N2O.OS/c1-18-13-4-3-9(7-14(13)19(2)15(18)20)10-5-11(16)8-12(17)6-10;1-2/h3-8H,1-2H3;. The van der Waals surface area contributed by atoms with Gasteiger partial charge in [-0.2, -0.15) is 4.21 Å². The number of rotatable bonds is 1. The van der Waals surface area contributed by atoms with Crippen molar-refractivity contribution in [1.29, 1.82) is 0 Å². The maximum absolute atomic E-state index is 11.9. The maximum atomic E-state index is 11.9. The van der Waals surface area contributed by atoms with Crippen molar-refractivity contribution in [1.82, 2.24) is 9.13 Å². The van der Waals surface area contributed by atoms with Crippen LogP contribution in [0.2, 0.25) is 10.0 Å². The fourth-order valence-corrected chi connectivity index (χ4v) is 2.93. The van der Waals surface area contributed by atoms with Crippen molar-refractivity contribution >= 4 is 46.8 Å². The first kappa shape index (κ1) is 16.7. The van der Waals surface area contributed by atoms with Gasteiger partial charge in [0.2, 0.25) is 0 Å². The van der Waals surface area contributed by atoms with Gasteiger partial charge in [0.05, 0.1) is 11.0 Å². The number of hydrogen-bond donors (Lipinski definition) is 0. The SMILES string of the molecule is Cn1c(=O)n(C)c2cc(-c3cc(Cl)cc(Cl)c3)ccc21.O=S. The lowest BCUT2D eigenvalue weighted by Crippen LogP contribution is -2.19. The molecule has 0 aliphatic carbocycles. The molecule has 0 radical (unpaired) electrons. The van der Waals surface area contributed by atoms with Gasteiger partial charge in [0.25, 0.3) is 0 Å². The van der Waals surface area contributed by atoms with E-state index in [2.05, 4.69) is 12.5 Å². The van der Waals surface area contributed by atoms with Gasteiger partial charge < -0.3 is 0 Å². The van der Waals surface area contributed by atoms with E-state index in [4.69, 9.17) is 27.4 Å². The van der Waals surface area contributed by atoms with Crippen molar-refractivity contribution in [2.75, 3.05) is 0 Å². The lowest BCUT2D eigenvalue weighted by Gasteiger charge is -2.05. The molecule has 1 heterocycles. The number of fused-ring (bicyclic) bond motifs is 1. The minimum Gasteiger partial charge on any atom is -0.295 e. The molecule has 0 aliphatic heterocycles. The van der Waals surface area contributed by atoms with Crippen LogP contribution >= 0.6 is 23.2 Å². The molecule has 7 heteroatoms. The Morgan fingerprint density at radius 2 is 1.36 bits per heavy atom. The van der Waals surface area contributed by atoms with Crippen molar-refractivity contribution in [2.45, 2.75) is 0 Å². The van der Waals surface area contributed by atoms with Gasteiger partial charge in [-0.3, -0.25) is 9.13 Å². The van der Waals surface area contributed by atoms with Crippen molar-refractivity contribution < 1.29 is 4.21 Å². The van der Waals surface area contributed by atoms with Gasteiger partial charge in [0.1, 0.15) is 0 Å². The number of nitrogens with zero attached hydrogens (tertiary/aromatic N) is 2. The fourth-order valence-electron chi connectivity index (χ4n) is 2.41. The summed E-state index contributed by atoms with van der Waals surface area (Å²) in [6, 6.07) is 11.3. The van der Waals surface area contributed by atoms with E-state index in [1.165, 1.54) is 0 Å². The van der Waals surface area contributed by atoms with Gasteiger partial charge in [-0.25, -0.2) is 4.79 Å². The highest BCUT2D eigenvalue weighted by Gasteiger charge is 2.09. The normalized spacial score (nSPS) is 10.4. The van der Waals surface area contributed by atoms with Crippen LogP contribution in [-0.2, 0) is 26.6 Å². The molecule has 0 aliphatic rings. The molecule has 0 amide bonds. The Bertz CT molecular complexity index is 882. The quantitative estimate of drug-likeness (QED) is 0.671. The molecule has 0 N–H and O–H groups in total. The lowest BCUT2D eigenvalue weighted by molar-refractivity contribution is 0.702. The molecular formula is C15H12Cl2N2O2S. The third-order valence-electron chi connectivity index (χ3n) is 3.47. The summed E-state index contributed by atoms with van der Waals surface area (Å²) in [5.74, 6) is 0. The third kappa shape index (κ3) is 2.92. The highest BCUT2D eigenvalue weighted by Crippen LogP contribution is 2.29. The molecule has 2 aromatic carbocycles. The summed E-state index contributed by atoms with van der Waals surface area (Å²) in [4.78, 5) is 11.9. The zero-order chi connectivity index (χ0) is 16.4. The minimum atomic E-state index is -0.0405. The second-order valence-electron chi connectivity index (χ2n) is 4.76. The Morgan fingerprint density at radius 1 is 0.818 bits per heavy atom. The molecule has 1 aromatic heterocycles. The van der Waals surface area contributed by atoms with Crippen LogP contribution in [0.5, 0.6) is 0 Å².